The number of aliphatic hydroxyl groups excluding tert-OH is 1. The van der Waals surface area contributed by atoms with Gasteiger partial charge >= 0.3 is 0 Å². The molecule has 0 aliphatic carbocycles. The highest BCUT2D eigenvalue weighted by Gasteiger charge is 2.16. The molecule has 0 saturated heterocycles. The lowest BCUT2D eigenvalue weighted by Crippen LogP contribution is -2.06. The lowest BCUT2D eigenvalue weighted by atomic mass is 10.1. The van der Waals surface area contributed by atoms with Crippen LogP contribution in [0.3, 0.4) is 0 Å². The van der Waals surface area contributed by atoms with Gasteiger partial charge in [-0.05, 0) is 24.6 Å². The summed E-state index contributed by atoms with van der Waals surface area (Å²) in [7, 11) is 0. The van der Waals surface area contributed by atoms with Gasteiger partial charge in [0.2, 0.25) is 0 Å². The molecule has 0 radical (unpaired) electrons. The van der Waals surface area contributed by atoms with Crippen molar-refractivity contribution >= 4 is 0 Å². The van der Waals surface area contributed by atoms with Crippen LogP contribution in [-0.4, -0.2) is 10.1 Å². The maximum atomic E-state index is 13.5. The Balaban J connectivity index is 2.41. The zero-order valence-corrected chi connectivity index (χ0v) is 8.89. The van der Waals surface area contributed by atoms with Gasteiger partial charge in [-0.1, -0.05) is 30.3 Å². The number of halogens is 1. The van der Waals surface area contributed by atoms with Gasteiger partial charge in [0.1, 0.15) is 17.6 Å². The molecule has 0 spiro atoms. The van der Waals surface area contributed by atoms with E-state index >= 15 is 0 Å². The van der Waals surface area contributed by atoms with Crippen LogP contribution in [-0.2, 0) is 0 Å². The van der Waals surface area contributed by atoms with E-state index in [0.29, 0.717) is 11.3 Å². The number of nitrogens with zero attached hydrogens (tertiary/aromatic N) is 1. The quantitative estimate of drug-likeness (QED) is 0.838. The lowest BCUT2D eigenvalue weighted by molar-refractivity contribution is 0.209. The predicted molar refractivity (Wildman–Crippen MR) is 59.4 cm³/mol. The minimum atomic E-state index is -1.01. The second kappa shape index (κ2) is 4.41. The maximum Gasteiger partial charge on any atom is 0.147 e. The molecule has 0 aliphatic rings. The first-order valence-corrected chi connectivity index (χ1v) is 5.04. The molecule has 0 fully saturated rings. The third-order valence-electron chi connectivity index (χ3n) is 2.39. The van der Waals surface area contributed by atoms with E-state index in [0.717, 1.165) is 0 Å². The Kier molecular flexibility index (Phi) is 2.97. The number of benzene rings is 1. The fourth-order valence-electron chi connectivity index (χ4n) is 1.54. The second-order valence-corrected chi connectivity index (χ2v) is 3.63. The van der Waals surface area contributed by atoms with Crippen molar-refractivity contribution in [1.82, 2.24) is 4.98 Å². The molecule has 0 saturated carbocycles. The summed E-state index contributed by atoms with van der Waals surface area (Å²) in [5.74, 6) is -0.484. The smallest absolute Gasteiger partial charge is 0.147 e. The minimum absolute atomic E-state index is 0.0752. The van der Waals surface area contributed by atoms with Crippen LogP contribution in [0.4, 0.5) is 4.39 Å². The molecule has 3 heteroatoms. The molecule has 0 amide bonds. The summed E-state index contributed by atoms with van der Waals surface area (Å²) >= 11 is 0. The highest BCUT2D eigenvalue weighted by molar-refractivity contribution is 5.27. The van der Waals surface area contributed by atoms with Crippen molar-refractivity contribution in [1.29, 1.82) is 0 Å². The summed E-state index contributed by atoms with van der Waals surface area (Å²) < 4.78 is 13.5. The average Bonchev–Trinajstić information content (AvgIpc) is 2.32. The van der Waals surface area contributed by atoms with Gasteiger partial charge in [-0.15, -0.1) is 0 Å². The molecule has 0 aliphatic heterocycles. The summed E-state index contributed by atoms with van der Waals surface area (Å²) in [4.78, 5) is 4.02. The van der Waals surface area contributed by atoms with E-state index in [1.54, 1.807) is 37.3 Å². The fraction of sp³-hybridized carbons (Fsp3) is 0.154. The summed E-state index contributed by atoms with van der Waals surface area (Å²) in [5, 5.41) is 9.99. The molecule has 1 aromatic heterocycles. The first-order chi connectivity index (χ1) is 7.68. The van der Waals surface area contributed by atoms with Crippen LogP contribution in [0.15, 0.2) is 42.5 Å². The van der Waals surface area contributed by atoms with Gasteiger partial charge in [0.05, 0.1) is 0 Å². The van der Waals surface area contributed by atoms with Crippen LogP contribution in [0, 0.1) is 12.7 Å². The van der Waals surface area contributed by atoms with Gasteiger partial charge in [0.25, 0.3) is 0 Å². The average molecular weight is 217 g/mol. The van der Waals surface area contributed by atoms with E-state index in [-0.39, 0.29) is 5.69 Å². The monoisotopic (exact) mass is 217 g/mol. The lowest BCUT2D eigenvalue weighted by Gasteiger charge is -2.11. The number of aromatic nitrogens is 1. The van der Waals surface area contributed by atoms with E-state index in [4.69, 9.17) is 0 Å². The molecule has 1 heterocycles. The van der Waals surface area contributed by atoms with Crippen LogP contribution in [0.25, 0.3) is 0 Å². The molecule has 82 valence electrons. The van der Waals surface area contributed by atoms with E-state index in [1.165, 1.54) is 6.07 Å². The van der Waals surface area contributed by atoms with Crippen LogP contribution >= 0.6 is 0 Å². The minimum Gasteiger partial charge on any atom is -0.382 e. The molecule has 16 heavy (non-hydrogen) atoms. The van der Waals surface area contributed by atoms with Crippen LogP contribution in [0.5, 0.6) is 0 Å². The standard InChI is InChI=1S/C13H12FNO/c1-9-7-8-11(14)12(15-9)13(16)10-5-3-2-4-6-10/h2-8,13,16H,1H3. The summed E-state index contributed by atoms with van der Waals surface area (Å²) in [6, 6.07) is 11.8. The van der Waals surface area contributed by atoms with Crippen molar-refractivity contribution in [3.63, 3.8) is 0 Å². The second-order valence-electron chi connectivity index (χ2n) is 3.63. The zero-order chi connectivity index (χ0) is 11.5. The van der Waals surface area contributed by atoms with Crippen molar-refractivity contribution in [2.24, 2.45) is 0 Å². The third kappa shape index (κ3) is 2.09. The first-order valence-electron chi connectivity index (χ1n) is 5.04. The van der Waals surface area contributed by atoms with Crippen molar-refractivity contribution in [2.45, 2.75) is 13.0 Å². The molecule has 2 rings (SSSR count). The molecule has 1 N–H and O–H groups in total. The highest BCUT2D eigenvalue weighted by Crippen LogP contribution is 2.22. The van der Waals surface area contributed by atoms with Crippen LogP contribution in [0.1, 0.15) is 23.1 Å². The summed E-state index contributed by atoms with van der Waals surface area (Å²) in [6.45, 7) is 1.76. The summed E-state index contributed by atoms with van der Waals surface area (Å²) in [5.41, 5.74) is 1.40. The Morgan fingerprint density at radius 3 is 2.50 bits per heavy atom. The highest BCUT2D eigenvalue weighted by atomic mass is 19.1. The van der Waals surface area contributed by atoms with Crippen molar-refractivity contribution in [3.05, 3.63) is 65.2 Å². The zero-order valence-electron chi connectivity index (χ0n) is 8.89. The van der Waals surface area contributed by atoms with E-state index < -0.39 is 11.9 Å². The normalized spacial score (nSPS) is 12.4. The van der Waals surface area contributed by atoms with Gasteiger partial charge in [0, 0.05) is 5.69 Å². The summed E-state index contributed by atoms with van der Waals surface area (Å²) in [6.07, 6.45) is -1.01. The molecular weight excluding hydrogens is 205 g/mol. The van der Waals surface area contributed by atoms with Crippen molar-refractivity contribution in [2.75, 3.05) is 0 Å². The van der Waals surface area contributed by atoms with Crippen molar-refractivity contribution in [3.8, 4) is 0 Å². The van der Waals surface area contributed by atoms with Gasteiger partial charge in [-0.2, -0.15) is 0 Å². The Labute approximate surface area is 93.4 Å². The molecule has 2 nitrogen and oxygen atoms in total. The van der Waals surface area contributed by atoms with Gasteiger partial charge in [-0.3, -0.25) is 4.98 Å². The number of aryl methyl sites for hydroxylation is 1. The molecular formula is C13H12FNO. The Hall–Kier alpha value is -1.74. The molecule has 2 aromatic rings. The van der Waals surface area contributed by atoms with Gasteiger partial charge < -0.3 is 5.11 Å². The Bertz CT molecular complexity index is 485. The number of aliphatic hydroxyl groups is 1. The third-order valence-corrected chi connectivity index (χ3v) is 2.39. The van der Waals surface area contributed by atoms with Gasteiger partial charge in [0.15, 0.2) is 0 Å². The number of rotatable bonds is 2. The van der Waals surface area contributed by atoms with E-state index in [9.17, 15) is 9.50 Å². The first kappa shape index (κ1) is 10.8. The maximum absolute atomic E-state index is 13.5. The van der Waals surface area contributed by atoms with E-state index in [2.05, 4.69) is 4.98 Å². The SMILES string of the molecule is Cc1ccc(F)c(C(O)c2ccccc2)n1. The van der Waals surface area contributed by atoms with Crippen molar-refractivity contribution < 1.29 is 9.50 Å². The Morgan fingerprint density at radius 2 is 1.81 bits per heavy atom. The largest absolute Gasteiger partial charge is 0.382 e. The van der Waals surface area contributed by atoms with Crippen LogP contribution in [0.2, 0.25) is 0 Å². The molecule has 1 aromatic carbocycles. The topological polar surface area (TPSA) is 33.1 Å². The Morgan fingerprint density at radius 1 is 1.12 bits per heavy atom. The predicted octanol–water partition coefficient (Wildman–Crippen LogP) is 2.61. The van der Waals surface area contributed by atoms with Gasteiger partial charge in [-0.25, -0.2) is 4.39 Å². The van der Waals surface area contributed by atoms with E-state index in [1.807, 2.05) is 6.07 Å². The molecule has 0 bridgehead atoms. The number of pyridine rings is 1. The number of hydrogen-bond donors (Lipinski definition) is 1. The molecule has 1 unspecified atom stereocenters. The fourth-order valence-corrected chi connectivity index (χ4v) is 1.54. The van der Waals surface area contributed by atoms with Crippen LogP contribution < -0.4 is 0 Å². The number of hydrogen-bond acceptors (Lipinski definition) is 2. The molecule has 1 atom stereocenters.